The van der Waals surface area contributed by atoms with Gasteiger partial charge in [-0.25, -0.2) is 0 Å². The molecule has 2 bridgehead atoms. The van der Waals surface area contributed by atoms with Gasteiger partial charge in [-0.05, 0) is 61.8 Å². The summed E-state index contributed by atoms with van der Waals surface area (Å²) >= 11 is 3.58. The molecule has 2 heterocycles. The average molecular weight is 378 g/mol. The van der Waals surface area contributed by atoms with E-state index in [1.54, 1.807) is 18.4 Å². The second-order valence-electron chi connectivity index (χ2n) is 7.43. The standard InChI is InChI=1S/C19H27N3OS2/c1-13(16-12-14-6-7-15(16)11-14)22-18(17-5-3-9-24-17)20-21-19(22)25-10-4-8-23-2/h3,5,9,13-16H,4,6-8,10-12H2,1-2H3. The van der Waals surface area contributed by atoms with Crippen LogP contribution in [0.5, 0.6) is 0 Å². The Morgan fingerprint density at radius 3 is 2.96 bits per heavy atom. The van der Waals surface area contributed by atoms with Crippen molar-refractivity contribution in [3.05, 3.63) is 17.5 Å². The molecule has 2 aromatic heterocycles. The molecule has 2 saturated carbocycles. The molecule has 4 rings (SSSR count). The third-order valence-corrected chi connectivity index (χ3v) is 7.84. The monoisotopic (exact) mass is 377 g/mol. The van der Waals surface area contributed by atoms with Crippen LogP contribution in [0.25, 0.3) is 10.7 Å². The van der Waals surface area contributed by atoms with Gasteiger partial charge in [0.15, 0.2) is 11.0 Å². The van der Waals surface area contributed by atoms with Crippen molar-refractivity contribution in [3.8, 4) is 10.7 Å². The second-order valence-corrected chi connectivity index (χ2v) is 9.44. The van der Waals surface area contributed by atoms with Crippen molar-refractivity contribution >= 4 is 23.1 Å². The van der Waals surface area contributed by atoms with Gasteiger partial charge >= 0.3 is 0 Å². The molecule has 0 radical (unpaired) electrons. The summed E-state index contributed by atoms with van der Waals surface area (Å²) in [6.07, 6.45) is 6.76. The number of methoxy groups -OCH3 is 1. The van der Waals surface area contributed by atoms with Crippen molar-refractivity contribution in [2.24, 2.45) is 17.8 Å². The first-order chi connectivity index (χ1) is 12.3. The molecule has 6 heteroatoms. The maximum absolute atomic E-state index is 5.18. The van der Waals surface area contributed by atoms with Crippen molar-refractivity contribution < 1.29 is 4.74 Å². The summed E-state index contributed by atoms with van der Waals surface area (Å²) < 4.78 is 7.62. The van der Waals surface area contributed by atoms with Crippen LogP contribution in [-0.2, 0) is 4.74 Å². The normalized spacial score (nSPS) is 26.4. The van der Waals surface area contributed by atoms with E-state index < -0.39 is 0 Å². The van der Waals surface area contributed by atoms with Crippen molar-refractivity contribution in [2.75, 3.05) is 19.5 Å². The summed E-state index contributed by atoms with van der Waals surface area (Å²) in [6, 6.07) is 4.75. The molecule has 0 aromatic carbocycles. The summed E-state index contributed by atoms with van der Waals surface area (Å²) in [6.45, 7) is 3.20. The van der Waals surface area contributed by atoms with Gasteiger partial charge in [-0.2, -0.15) is 0 Å². The van der Waals surface area contributed by atoms with Gasteiger partial charge < -0.3 is 4.74 Å². The predicted molar refractivity (Wildman–Crippen MR) is 104 cm³/mol. The Bertz CT molecular complexity index is 685. The molecule has 0 N–H and O–H groups in total. The van der Waals surface area contributed by atoms with E-state index >= 15 is 0 Å². The highest BCUT2D eigenvalue weighted by Crippen LogP contribution is 2.53. The quantitative estimate of drug-likeness (QED) is 0.472. The Hall–Kier alpha value is -0.850. The SMILES string of the molecule is COCCCSc1nnc(-c2cccs2)n1C(C)C1CC2CCC1C2. The number of fused-ring (bicyclic) bond motifs is 2. The van der Waals surface area contributed by atoms with Crippen LogP contribution in [0.15, 0.2) is 22.7 Å². The van der Waals surface area contributed by atoms with Crippen LogP contribution in [-0.4, -0.2) is 34.2 Å². The number of aromatic nitrogens is 3. The van der Waals surface area contributed by atoms with Gasteiger partial charge in [-0.3, -0.25) is 4.57 Å². The van der Waals surface area contributed by atoms with E-state index in [1.165, 1.54) is 30.6 Å². The lowest BCUT2D eigenvalue weighted by Gasteiger charge is -2.30. The lowest BCUT2D eigenvalue weighted by Crippen LogP contribution is -2.23. The van der Waals surface area contributed by atoms with Crippen LogP contribution >= 0.6 is 23.1 Å². The van der Waals surface area contributed by atoms with Crippen LogP contribution in [0, 0.1) is 17.8 Å². The predicted octanol–water partition coefficient (Wildman–Crippen LogP) is 5.13. The number of nitrogens with zero attached hydrogens (tertiary/aromatic N) is 3. The van der Waals surface area contributed by atoms with E-state index in [-0.39, 0.29) is 0 Å². The summed E-state index contributed by atoms with van der Waals surface area (Å²) in [4.78, 5) is 1.23. The average Bonchev–Trinajstić information content (AvgIpc) is 3.41. The van der Waals surface area contributed by atoms with E-state index in [4.69, 9.17) is 4.74 Å². The summed E-state index contributed by atoms with van der Waals surface area (Å²) in [5, 5.41) is 12.4. The van der Waals surface area contributed by atoms with Gasteiger partial charge in [-0.1, -0.05) is 24.2 Å². The molecule has 4 atom stereocenters. The first kappa shape index (κ1) is 17.6. The van der Waals surface area contributed by atoms with Gasteiger partial charge in [0.25, 0.3) is 0 Å². The van der Waals surface area contributed by atoms with Crippen molar-refractivity contribution in [1.82, 2.24) is 14.8 Å². The van der Waals surface area contributed by atoms with Crippen LogP contribution in [0.4, 0.5) is 0 Å². The zero-order chi connectivity index (χ0) is 17.2. The van der Waals surface area contributed by atoms with Gasteiger partial charge in [0.1, 0.15) is 0 Å². The molecular formula is C19H27N3OS2. The van der Waals surface area contributed by atoms with E-state index in [2.05, 4.69) is 39.2 Å². The lowest BCUT2D eigenvalue weighted by molar-refractivity contribution is 0.200. The minimum absolute atomic E-state index is 0.479. The Morgan fingerprint density at radius 1 is 1.36 bits per heavy atom. The Kier molecular flexibility index (Phi) is 5.48. The van der Waals surface area contributed by atoms with Gasteiger partial charge in [0, 0.05) is 25.5 Å². The van der Waals surface area contributed by atoms with Crippen LogP contribution in [0.2, 0.25) is 0 Å². The van der Waals surface area contributed by atoms with Gasteiger partial charge in [0.05, 0.1) is 4.88 Å². The summed E-state index contributed by atoms with van der Waals surface area (Å²) in [5.41, 5.74) is 0. The van der Waals surface area contributed by atoms with Crippen LogP contribution in [0.1, 0.15) is 45.1 Å². The fourth-order valence-corrected chi connectivity index (χ4v) is 6.40. The van der Waals surface area contributed by atoms with Crippen molar-refractivity contribution in [2.45, 2.75) is 50.2 Å². The fraction of sp³-hybridized carbons (Fsp3) is 0.684. The number of rotatable bonds is 8. The highest BCUT2D eigenvalue weighted by molar-refractivity contribution is 7.99. The molecule has 2 fully saturated rings. The highest BCUT2D eigenvalue weighted by Gasteiger charge is 2.43. The topological polar surface area (TPSA) is 39.9 Å². The molecule has 0 saturated heterocycles. The number of thioether (sulfide) groups is 1. The molecular weight excluding hydrogens is 350 g/mol. The molecule has 4 unspecified atom stereocenters. The largest absolute Gasteiger partial charge is 0.385 e. The van der Waals surface area contributed by atoms with E-state index in [0.29, 0.717) is 6.04 Å². The third kappa shape index (κ3) is 3.53. The van der Waals surface area contributed by atoms with Crippen LogP contribution in [0.3, 0.4) is 0 Å². The zero-order valence-electron chi connectivity index (χ0n) is 15.1. The summed E-state index contributed by atoms with van der Waals surface area (Å²) in [7, 11) is 1.76. The van der Waals surface area contributed by atoms with Gasteiger partial charge in [0.2, 0.25) is 0 Å². The molecule has 2 aliphatic rings. The first-order valence-corrected chi connectivity index (χ1v) is 11.2. The van der Waals surface area contributed by atoms with E-state index in [1.807, 2.05) is 11.8 Å². The first-order valence-electron chi connectivity index (χ1n) is 9.38. The smallest absolute Gasteiger partial charge is 0.191 e. The summed E-state index contributed by atoms with van der Waals surface area (Å²) in [5.74, 6) is 4.74. The molecule has 136 valence electrons. The highest BCUT2D eigenvalue weighted by atomic mass is 32.2. The van der Waals surface area contributed by atoms with Crippen molar-refractivity contribution in [1.29, 1.82) is 0 Å². The molecule has 2 aliphatic carbocycles. The van der Waals surface area contributed by atoms with E-state index in [9.17, 15) is 0 Å². The Balaban J connectivity index is 1.59. The third-order valence-electron chi connectivity index (χ3n) is 5.95. The Morgan fingerprint density at radius 2 is 2.28 bits per heavy atom. The molecule has 0 spiro atoms. The second kappa shape index (κ2) is 7.80. The van der Waals surface area contributed by atoms with Gasteiger partial charge in [-0.15, -0.1) is 21.5 Å². The molecule has 2 aromatic rings. The molecule has 4 nitrogen and oxygen atoms in total. The van der Waals surface area contributed by atoms with E-state index in [0.717, 1.165) is 47.5 Å². The van der Waals surface area contributed by atoms with Crippen molar-refractivity contribution in [3.63, 3.8) is 0 Å². The number of hydrogen-bond acceptors (Lipinski definition) is 5. The van der Waals surface area contributed by atoms with Crippen LogP contribution < -0.4 is 0 Å². The number of hydrogen-bond donors (Lipinski definition) is 0. The molecule has 0 aliphatic heterocycles. The number of ether oxygens (including phenoxy) is 1. The lowest BCUT2D eigenvalue weighted by atomic mass is 9.84. The maximum Gasteiger partial charge on any atom is 0.191 e. The minimum atomic E-state index is 0.479. The fourth-order valence-electron chi connectivity index (χ4n) is 4.76. The minimum Gasteiger partial charge on any atom is -0.385 e. The zero-order valence-corrected chi connectivity index (χ0v) is 16.7. The number of thiophene rings is 1. The Labute approximate surface area is 158 Å². The molecule has 25 heavy (non-hydrogen) atoms. The maximum atomic E-state index is 5.18. The molecule has 0 amide bonds.